The predicted molar refractivity (Wildman–Crippen MR) is 46.2 cm³/mol. The van der Waals surface area contributed by atoms with Crippen molar-refractivity contribution in [3.63, 3.8) is 0 Å². The van der Waals surface area contributed by atoms with E-state index in [0.717, 1.165) is 11.3 Å². The zero-order chi connectivity index (χ0) is 9.31. The molecule has 0 aliphatic heterocycles. The van der Waals surface area contributed by atoms with Crippen LogP contribution in [-0.4, -0.2) is 23.4 Å². The zero-order valence-corrected chi connectivity index (χ0v) is 7.97. The molecule has 2 aromatic rings. The molecule has 0 bridgehead atoms. The number of rotatable bonds is 2. The van der Waals surface area contributed by atoms with Gasteiger partial charge in [0, 0.05) is 12.4 Å². The van der Waals surface area contributed by atoms with Gasteiger partial charge in [0.1, 0.15) is 4.21 Å². The minimum atomic E-state index is -3.46. The Morgan fingerprint density at radius 2 is 2.31 bits per heavy atom. The topological polar surface area (TPSA) is 75.7 Å². The van der Waals surface area contributed by atoms with Gasteiger partial charge in [0.2, 0.25) is 5.16 Å². The molecule has 0 aliphatic carbocycles. The summed E-state index contributed by atoms with van der Waals surface area (Å²) in [4.78, 5) is 9.92. The van der Waals surface area contributed by atoms with E-state index in [2.05, 4.69) is 15.0 Å². The van der Waals surface area contributed by atoms with E-state index in [1.54, 1.807) is 0 Å². The minimum absolute atomic E-state index is 0.0447. The van der Waals surface area contributed by atoms with E-state index < -0.39 is 9.84 Å². The van der Waals surface area contributed by atoms with Crippen LogP contribution in [0.2, 0.25) is 0 Å². The van der Waals surface area contributed by atoms with Crippen LogP contribution in [-0.2, 0) is 9.84 Å². The van der Waals surface area contributed by atoms with Gasteiger partial charge in [0.25, 0.3) is 9.84 Å². The Hall–Kier alpha value is -1.21. The molecule has 2 aromatic heterocycles. The summed E-state index contributed by atoms with van der Waals surface area (Å²) in [5.74, 6) is 0. The summed E-state index contributed by atoms with van der Waals surface area (Å²) >= 11 is 1.07. The molecule has 2 rings (SSSR count). The first-order chi connectivity index (χ1) is 6.21. The van der Waals surface area contributed by atoms with Gasteiger partial charge in [-0.05, 0) is 0 Å². The molecule has 0 saturated heterocycles. The standard InChI is InChI=1S/C6H5N3O2S2/c10-13(11,5-3-7-4-12-5)6-8-1-2-9-6/h1-4H,(H,8,9). The number of thiazole rings is 1. The monoisotopic (exact) mass is 215 g/mol. The molecule has 2 heterocycles. The lowest BCUT2D eigenvalue weighted by molar-refractivity contribution is 0.590. The van der Waals surface area contributed by atoms with Crippen LogP contribution in [0.1, 0.15) is 0 Å². The van der Waals surface area contributed by atoms with Crippen LogP contribution in [0, 0.1) is 0 Å². The van der Waals surface area contributed by atoms with E-state index in [-0.39, 0.29) is 9.37 Å². The molecule has 0 aromatic carbocycles. The number of hydrogen-bond donors (Lipinski definition) is 1. The first kappa shape index (κ1) is 8.39. The van der Waals surface area contributed by atoms with Crippen molar-refractivity contribution < 1.29 is 8.42 Å². The van der Waals surface area contributed by atoms with E-state index in [9.17, 15) is 8.42 Å². The third-order valence-electron chi connectivity index (χ3n) is 1.40. The fourth-order valence-corrected chi connectivity index (χ4v) is 2.86. The first-order valence-corrected chi connectivity index (χ1v) is 5.70. The van der Waals surface area contributed by atoms with Gasteiger partial charge in [-0.25, -0.2) is 13.4 Å². The number of sulfone groups is 1. The molecule has 0 atom stereocenters. The number of hydrogen-bond acceptors (Lipinski definition) is 5. The molecule has 5 nitrogen and oxygen atoms in total. The summed E-state index contributed by atoms with van der Waals surface area (Å²) in [6, 6.07) is 0. The van der Waals surface area contributed by atoms with Gasteiger partial charge >= 0.3 is 0 Å². The van der Waals surface area contributed by atoms with Gasteiger partial charge in [-0.15, -0.1) is 11.3 Å². The second-order valence-corrected chi connectivity index (χ2v) is 5.20. The molecule has 0 fully saturated rings. The van der Waals surface area contributed by atoms with E-state index >= 15 is 0 Å². The Balaban J connectivity index is 2.56. The largest absolute Gasteiger partial charge is 0.335 e. The van der Waals surface area contributed by atoms with Crippen LogP contribution in [0.3, 0.4) is 0 Å². The Kier molecular flexibility index (Phi) is 1.89. The average Bonchev–Trinajstić information content (AvgIpc) is 2.78. The van der Waals surface area contributed by atoms with Crippen LogP contribution >= 0.6 is 11.3 Å². The van der Waals surface area contributed by atoms with Crippen LogP contribution in [0.25, 0.3) is 0 Å². The Morgan fingerprint density at radius 1 is 1.46 bits per heavy atom. The van der Waals surface area contributed by atoms with Crippen molar-refractivity contribution in [1.29, 1.82) is 0 Å². The zero-order valence-electron chi connectivity index (χ0n) is 6.34. The molecule has 0 radical (unpaired) electrons. The number of nitrogens with zero attached hydrogens (tertiary/aromatic N) is 2. The quantitative estimate of drug-likeness (QED) is 0.800. The third kappa shape index (κ3) is 1.36. The van der Waals surface area contributed by atoms with Gasteiger partial charge in [-0.2, -0.15) is 0 Å². The van der Waals surface area contributed by atoms with Gasteiger partial charge in [-0.1, -0.05) is 0 Å². The predicted octanol–water partition coefficient (Wildman–Crippen LogP) is 0.699. The van der Waals surface area contributed by atoms with E-state index in [1.165, 1.54) is 24.1 Å². The Morgan fingerprint density at radius 3 is 2.85 bits per heavy atom. The Labute approximate surface area is 78.4 Å². The molecule has 0 unspecified atom stereocenters. The molecule has 0 aliphatic rings. The van der Waals surface area contributed by atoms with Crippen LogP contribution in [0.5, 0.6) is 0 Å². The highest BCUT2D eigenvalue weighted by atomic mass is 32.2. The molecule has 0 saturated carbocycles. The Bertz CT molecular complexity index is 432. The van der Waals surface area contributed by atoms with Gasteiger partial charge < -0.3 is 4.98 Å². The van der Waals surface area contributed by atoms with Crippen molar-refractivity contribution in [2.45, 2.75) is 9.37 Å². The summed E-state index contributed by atoms with van der Waals surface area (Å²) in [5.41, 5.74) is 1.47. The smallest absolute Gasteiger partial charge is 0.250 e. The highest BCUT2D eigenvalue weighted by Gasteiger charge is 2.21. The lowest BCUT2D eigenvalue weighted by Gasteiger charge is -1.93. The molecule has 13 heavy (non-hydrogen) atoms. The number of nitrogens with one attached hydrogen (secondary N) is 1. The van der Waals surface area contributed by atoms with Gasteiger partial charge in [0.15, 0.2) is 0 Å². The maximum absolute atomic E-state index is 11.6. The number of aromatic nitrogens is 3. The SMILES string of the molecule is O=S(=O)(c1ncc[nH]1)c1cncs1. The third-order valence-corrected chi connectivity index (χ3v) is 4.28. The second-order valence-electron chi connectivity index (χ2n) is 2.22. The summed E-state index contributed by atoms with van der Waals surface area (Å²) in [5, 5.41) is -0.0447. The molecule has 7 heteroatoms. The molecule has 0 amide bonds. The van der Waals surface area contributed by atoms with Crippen LogP contribution < -0.4 is 0 Å². The fraction of sp³-hybridized carbons (Fsp3) is 0. The van der Waals surface area contributed by atoms with E-state index in [1.807, 2.05) is 0 Å². The van der Waals surface area contributed by atoms with E-state index in [0.29, 0.717) is 0 Å². The maximum atomic E-state index is 11.6. The van der Waals surface area contributed by atoms with Crippen molar-refractivity contribution in [2.75, 3.05) is 0 Å². The normalized spacial score (nSPS) is 11.7. The van der Waals surface area contributed by atoms with Crippen molar-refractivity contribution in [1.82, 2.24) is 15.0 Å². The highest BCUT2D eigenvalue weighted by Crippen LogP contribution is 2.20. The lowest BCUT2D eigenvalue weighted by Crippen LogP contribution is -2.01. The highest BCUT2D eigenvalue weighted by molar-refractivity contribution is 7.93. The summed E-state index contributed by atoms with van der Waals surface area (Å²) < 4.78 is 23.5. The molecule has 68 valence electrons. The summed E-state index contributed by atoms with van der Waals surface area (Å²) in [6.45, 7) is 0. The summed E-state index contributed by atoms with van der Waals surface area (Å²) in [7, 11) is -3.46. The molecular formula is C6H5N3O2S2. The van der Waals surface area contributed by atoms with E-state index in [4.69, 9.17) is 0 Å². The number of aromatic amines is 1. The number of H-pyrrole nitrogens is 1. The molecule has 0 spiro atoms. The van der Waals surface area contributed by atoms with Crippen molar-refractivity contribution in [3.8, 4) is 0 Å². The average molecular weight is 215 g/mol. The summed E-state index contributed by atoms with van der Waals surface area (Å²) in [6.07, 6.45) is 4.17. The first-order valence-electron chi connectivity index (χ1n) is 3.34. The molecule has 1 N–H and O–H groups in total. The minimum Gasteiger partial charge on any atom is -0.335 e. The van der Waals surface area contributed by atoms with Crippen molar-refractivity contribution in [2.24, 2.45) is 0 Å². The maximum Gasteiger partial charge on any atom is 0.250 e. The molecular weight excluding hydrogens is 210 g/mol. The van der Waals surface area contributed by atoms with Gasteiger partial charge in [-0.3, -0.25) is 4.98 Å². The van der Waals surface area contributed by atoms with Crippen LogP contribution in [0.4, 0.5) is 0 Å². The van der Waals surface area contributed by atoms with Gasteiger partial charge in [0.05, 0.1) is 11.7 Å². The fourth-order valence-electron chi connectivity index (χ4n) is 0.830. The lowest BCUT2D eigenvalue weighted by atomic mass is 11.0. The number of imidazole rings is 1. The van der Waals surface area contributed by atoms with Crippen molar-refractivity contribution in [3.05, 3.63) is 24.1 Å². The van der Waals surface area contributed by atoms with Crippen LogP contribution in [0.15, 0.2) is 33.5 Å². The second kappa shape index (κ2) is 2.93. The van der Waals surface area contributed by atoms with Crippen molar-refractivity contribution >= 4 is 21.2 Å².